The average Bonchev–Trinajstić information content (AvgIpc) is 3.27. The van der Waals surface area contributed by atoms with Crippen molar-refractivity contribution in [3.8, 4) is 5.69 Å². The first kappa shape index (κ1) is 18.9. The largest absolute Gasteiger partial charge is 0.334 e. The number of rotatable bonds is 3. The van der Waals surface area contributed by atoms with Gasteiger partial charge in [-0.2, -0.15) is 5.10 Å². The van der Waals surface area contributed by atoms with Gasteiger partial charge in [-0.25, -0.2) is 0 Å². The van der Waals surface area contributed by atoms with E-state index >= 15 is 0 Å². The number of hydrogen-bond donors (Lipinski definition) is 0. The molecule has 1 aliphatic carbocycles. The molecule has 1 aromatic carbocycles. The van der Waals surface area contributed by atoms with Crippen LogP contribution in [0.3, 0.4) is 0 Å². The number of fused-ring (bicyclic) bond motifs is 1. The zero-order valence-electron chi connectivity index (χ0n) is 17.7. The second-order valence-electron chi connectivity index (χ2n) is 8.55. The highest BCUT2D eigenvalue weighted by atomic mass is 16.2. The SMILES string of the molecule is Cc1cc(C)n(C2CN(C(=O)c3c(C)ccn(-c4cccc5c4CCC5)c3=O)C2)n1. The monoisotopic (exact) mass is 402 g/mol. The van der Waals surface area contributed by atoms with Crippen molar-refractivity contribution in [3.05, 3.63) is 80.5 Å². The Kier molecular flexibility index (Phi) is 4.38. The number of carbonyl (C=O) groups is 1. The molecule has 30 heavy (non-hydrogen) atoms. The third-order valence-electron chi connectivity index (χ3n) is 6.44. The summed E-state index contributed by atoms with van der Waals surface area (Å²) in [6, 6.07) is 10.2. The lowest BCUT2D eigenvalue weighted by Gasteiger charge is -2.39. The summed E-state index contributed by atoms with van der Waals surface area (Å²) in [4.78, 5) is 28.4. The first-order chi connectivity index (χ1) is 14.4. The Morgan fingerprint density at radius 2 is 1.90 bits per heavy atom. The Hall–Kier alpha value is -3.15. The molecule has 0 unspecified atom stereocenters. The first-order valence-corrected chi connectivity index (χ1v) is 10.6. The maximum Gasteiger partial charge on any atom is 0.268 e. The van der Waals surface area contributed by atoms with Gasteiger partial charge >= 0.3 is 0 Å². The Morgan fingerprint density at radius 1 is 1.10 bits per heavy atom. The molecule has 6 heteroatoms. The van der Waals surface area contributed by atoms with Gasteiger partial charge in [-0.1, -0.05) is 12.1 Å². The van der Waals surface area contributed by atoms with Crippen molar-refractivity contribution in [3.63, 3.8) is 0 Å². The number of pyridine rings is 1. The van der Waals surface area contributed by atoms with Gasteiger partial charge in [0, 0.05) is 25.0 Å². The van der Waals surface area contributed by atoms with Crippen molar-refractivity contribution in [2.24, 2.45) is 0 Å². The summed E-state index contributed by atoms with van der Waals surface area (Å²) in [6.45, 7) is 7.00. The van der Waals surface area contributed by atoms with E-state index in [4.69, 9.17) is 0 Å². The molecule has 5 rings (SSSR count). The Balaban J connectivity index is 1.45. The molecule has 6 nitrogen and oxygen atoms in total. The summed E-state index contributed by atoms with van der Waals surface area (Å²) in [5.74, 6) is -0.183. The molecule has 1 fully saturated rings. The highest BCUT2D eigenvalue weighted by molar-refractivity contribution is 5.96. The van der Waals surface area contributed by atoms with Crippen LogP contribution in [0.2, 0.25) is 0 Å². The minimum atomic E-state index is -0.227. The fraction of sp³-hybridized carbons (Fsp3) is 0.375. The van der Waals surface area contributed by atoms with Crippen LogP contribution in [0.5, 0.6) is 0 Å². The molecular weight excluding hydrogens is 376 g/mol. The standard InChI is InChI=1S/C24H26N4O2/c1-15-10-11-27(21-9-5-7-18-6-4-8-20(18)21)24(30)22(15)23(29)26-13-19(14-26)28-17(3)12-16(2)25-28/h5,7,9-12,19H,4,6,8,13-14H2,1-3H3. The van der Waals surface area contributed by atoms with Crippen molar-refractivity contribution in [1.82, 2.24) is 19.2 Å². The van der Waals surface area contributed by atoms with E-state index in [1.165, 1.54) is 11.1 Å². The highest BCUT2D eigenvalue weighted by Crippen LogP contribution is 2.28. The van der Waals surface area contributed by atoms with Crippen molar-refractivity contribution in [1.29, 1.82) is 0 Å². The lowest BCUT2D eigenvalue weighted by molar-refractivity contribution is 0.0494. The summed E-state index contributed by atoms with van der Waals surface area (Å²) in [5.41, 5.74) is 6.31. The topological polar surface area (TPSA) is 60.1 Å². The molecule has 154 valence electrons. The smallest absolute Gasteiger partial charge is 0.268 e. The number of likely N-dealkylation sites (tertiary alicyclic amines) is 1. The number of carbonyl (C=O) groups excluding carboxylic acids is 1. The summed E-state index contributed by atoms with van der Waals surface area (Å²) in [7, 11) is 0. The van der Waals surface area contributed by atoms with Crippen LogP contribution in [-0.4, -0.2) is 38.2 Å². The van der Waals surface area contributed by atoms with Crippen LogP contribution in [0.25, 0.3) is 5.69 Å². The van der Waals surface area contributed by atoms with Gasteiger partial charge in [0.05, 0.1) is 17.4 Å². The van der Waals surface area contributed by atoms with E-state index in [1.807, 2.05) is 49.7 Å². The second-order valence-corrected chi connectivity index (χ2v) is 8.55. The Bertz CT molecular complexity index is 1210. The number of amides is 1. The number of nitrogens with zero attached hydrogens (tertiary/aromatic N) is 4. The van der Waals surface area contributed by atoms with E-state index in [9.17, 15) is 9.59 Å². The van der Waals surface area contributed by atoms with Gasteiger partial charge in [0.1, 0.15) is 5.56 Å². The lowest BCUT2D eigenvalue weighted by atomic mass is 10.0. The van der Waals surface area contributed by atoms with E-state index in [0.29, 0.717) is 13.1 Å². The quantitative estimate of drug-likeness (QED) is 0.676. The van der Waals surface area contributed by atoms with Crippen LogP contribution < -0.4 is 5.56 Å². The lowest BCUT2D eigenvalue weighted by Crippen LogP contribution is -2.52. The minimum absolute atomic E-state index is 0.172. The van der Waals surface area contributed by atoms with Crippen molar-refractivity contribution >= 4 is 5.91 Å². The predicted octanol–water partition coefficient (Wildman–Crippen LogP) is 3.15. The fourth-order valence-electron chi connectivity index (χ4n) is 4.85. The second kappa shape index (κ2) is 6.97. The first-order valence-electron chi connectivity index (χ1n) is 10.6. The van der Waals surface area contributed by atoms with Crippen LogP contribution in [0, 0.1) is 20.8 Å². The van der Waals surface area contributed by atoms with Crippen molar-refractivity contribution in [2.75, 3.05) is 13.1 Å². The van der Waals surface area contributed by atoms with Gasteiger partial charge in [0.15, 0.2) is 0 Å². The van der Waals surface area contributed by atoms with E-state index in [2.05, 4.69) is 11.2 Å². The number of hydrogen-bond acceptors (Lipinski definition) is 3. The molecular formula is C24H26N4O2. The van der Waals surface area contributed by atoms with Crippen LogP contribution >= 0.6 is 0 Å². The van der Waals surface area contributed by atoms with Gasteiger partial charge in [-0.05, 0) is 74.9 Å². The maximum atomic E-state index is 13.4. The fourth-order valence-corrected chi connectivity index (χ4v) is 4.85. The Morgan fingerprint density at radius 3 is 2.63 bits per heavy atom. The van der Waals surface area contributed by atoms with Crippen LogP contribution in [0.1, 0.15) is 50.9 Å². The van der Waals surface area contributed by atoms with E-state index in [0.717, 1.165) is 41.9 Å². The van der Waals surface area contributed by atoms with Crippen LogP contribution in [0.15, 0.2) is 41.3 Å². The van der Waals surface area contributed by atoms with Gasteiger partial charge in [-0.15, -0.1) is 0 Å². The third-order valence-corrected chi connectivity index (χ3v) is 6.44. The van der Waals surface area contributed by atoms with Crippen LogP contribution in [-0.2, 0) is 12.8 Å². The predicted molar refractivity (Wildman–Crippen MR) is 115 cm³/mol. The maximum absolute atomic E-state index is 13.4. The molecule has 0 saturated carbocycles. The molecule has 0 N–H and O–H groups in total. The van der Waals surface area contributed by atoms with Crippen molar-refractivity contribution in [2.45, 2.75) is 46.1 Å². The number of benzene rings is 1. The minimum Gasteiger partial charge on any atom is -0.334 e. The molecule has 2 aliphatic rings. The zero-order valence-corrected chi connectivity index (χ0v) is 17.7. The number of aryl methyl sites for hydroxylation is 4. The molecule has 0 radical (unpaired) electrons. The normalized spacial score (nSPS) is 15.9. The van der Waals surface area contributed by atoms with Gasteiger partial charge in [0.25, 0.3) is 11.5 Å². The Labute approximate surface area is 175 Å². The highest BCUT2D eigenvalue weighted by Gasteiger charge is 2.35. The summed E-state index contributed by atoms with van der Waals surface area (Å²) >= 11 is 0. The summed E-state index contributed by atoms with van der Waals surface area (Å²) in [5, 5.41) is 4.53. The third kappa shape index (κ3) is 2.90. The molecule has 3 aromatic rings. The molecule has 1 saturated heterocycles. The van der Waals surface area contributed by atoms with Gasteiger partial charge < -0.3 is 4.90 Å². The molecule has 0 atom stereocenters. The zero-order chi connectivity index (χ0) is 21.0. The van der Waals surface area contributed by atoms with Gasteiger partial charge in [-0.3, -0.25) is 18.8 Å². The summed E-state index contributed by atoms with van der Waals surface area (Å²) < 4.78 is 3.64. The number of aromatic nitrogens is 3. The molecule has 1 aliphatic heterocycles. The van der Waals surface area contributed by atoms with E-state index in [1.54, 1.807) is 15.7 Å². The van der Waals surface area contributed by atoms with Crippen LogP contribution in [0.4, 0.5) is 0 Å². The average molecular weight is 402 g/mol. The van der Waals surface area contributed by atoms with E-state index in [-0.39, 0.29) is 23.1 Å². The summed E-state index contributed by atoms with van der Waals surface area (Å²) in [6.07, 6.45) is 4.94. The van der Waals surface area contributed by atoms with Gasteiger partial charge in [0.2, 0.25) is 0 Å². The van der Waals surface area contributed by atoms with E-state index < -0.39 is 0 Å². The molecule has 0 bridgehead atoms. The molecule has 3 heterocycles. The van der Waals surface area contributed by atoms with Crippen molar-refractivity contribution < 1.29 is 4.79 Å². The molecule has 2 aromatic heterocycles. The molecule has 0 spiro atoms. The molecule has 1 amide bonds.